The van der Waals surface area contributed by atoms with Crippen LogP contribution in [0.5, 0.6) is 0 Å². The van der Waals surface area contributed by atoms with E-state index in [-0.39, 0.29) is 5.41 Å². The highest BCUT2D eigenvalue weighted by atomic mass is 32.2. The molecule has 114 valence electrons. The summed E-state index contributed by atoms with van der Waals surface area (Å²) in [6.07, 6.45) is 0. The van der Waals surface area contributed by atoms with Gasteiger partial charge in [-0.2, -0.15) is 0 Å². The summed E-state index contributed by atoms with van der Waals surface area (Å²) >= 11 is 3.63. The summed E-state index contributed by atoms with van der Waals surface area (Å²) in [6, 6.07) is 9.14. The summed E-state index contributed by atoms with van der Waals surface area (Å²) in [7, 11) is 1.99. The lowest BCUT2D eigenvalue weighted by Crippen LogP contribution is -2.12. The standard InChI is InChI=1S/C17H24N2S2/c1-12(18-5)13-7-6-8-14(9-13)20-11-16-19-15(10-21-16)17(2,3)4/h6-10,12,18H,11H2,1-5H3. The zero-order valence-electron chi connectivity index (χ0n) is 13.4. The number of nitrogens with one attached hydrogen (secondary N) is 1. The number of aromatic nitrogens is 1. The smallest absolute Gasteiger partial charge is 0.103 e. The van der Waals surface area contributed by atoms with Gasteiger partial charge < -0.3 is 5.32 Å². The van der Waals surface area contributed by atoms with Gasteiger partial charge in [0.2, 0.25) is 0 Å². The van der Waals surface area contributed by atoms with Crippen molar-refractivity contribution in [2.45, 2.75) is 49.8 Å². The zero-order chi connectivity index (χ0) is 15.5. The van der Waals surface area contributed by atoms with Gasteiger partial charge in [-0.3, -0.25) is 0 Å². The minimum Gasteiger partial charge on any atom is -0.313 e. The molecule has 0 bridgehead atoms. The Morgan fingerprint density at radius 2 is 2.10 bits per heavy atom. The van der Waals surface area contributed by atoms with Gasteiger partial charge in [0.25, 0.3) is 0 Å². The molecule has 1 atom stereocenters. The Bertz CT molecular complexity index is 584. The zero-order valence-corrected chi connectivity index (χ0v) is 15.1. The molecule has 0 saturated heterocycles. The fraction of sp³-hybridized carbons (Fsp3) is 0.471. The van der Waals surface area contributed by atoms with Crippen LogP contribution in [0.3, 0.4) is 0 Å². The second-order valence-electron chi connectivity index (χ2n) is 6.25. The third-order valence-corrected chi connectivity index (χ3v) is 5.51. The number of rotatable bonds is 5. The summed E-state index contributed by atoms with van der Waals surface area (Å²) in [5.41, 5.74) is 2.67. The van der Waals surface area contributed by atoms with Crippen LogP contribution in [0.15, 0.2) is 34.5 Å². The van der Waals surface area contributed by atoms with Crippen molar-refractivity contribution in [3.05, 3.63) is 45.9 Å². The first kappa shape index (κ1) is 16.5. The van der Waals surface area contributed by atoms with Crippen LogP contribution in [0.25, 0.3) is 0 Å². The number of hydrogen-bond donors (Lipinski definition) is 1. The normalized spacial score (nSPS) is 13.4. The van der Waals surface area contributed by atoms with Crippen molar-refractivity contribution >= 4 is 23.1 Å². The molecule has 21 heavy (non-hydrogen) atoms. The Kier molecular flexibility index (Phi) is 5.47. The highest BCUT2D eigenvalue weighted by Gasteiger charge is 2.17. The summed E-state index contributed by atoms with van der Waals surface area (Å²) in [4.78, 5) is 6.06. The van der Waals surface area contributed by atoms with Gasteiger partial charge in [-0.05, 0) is 31.7 Å². The molecule has 0 amide bonds. The lowest BCUT2D eigenvalue weighted by atomic mass is 9.93. The Morgan fingerprint density at radius 1 is 1.33 bits per heavy atom. The molecule has 1 aromatic carbocycles. The highest BCUT2D eigenvalue weighted by Crippen LogP contribution is 2.29. The molecule has 1 N–H and O–H groups in total. The van der Waals surface area contributed by atoms with Gasteiger partial charge in [-0.25, -0.2) is 4.98 Å². The van der Waals surface area contributed by atoms with Crippen molar-refractivity contribution in [3.63, 3.8) is 0 Å². The van der Waals surface area contributed by atoms with Gasteiger partial charge in [0.1, 0.15) is 5.01 Å². The van der Waals surface area contributed by atoms with E-state index in [1.807, 2.05) is 18.8 Å². The van der Waals surface area contributed by atoms with Gasteiger partial charge in [-0.1, -0.05) is 32.9 Å². The van der Waals surface area contributed by atoms with E-state index in [9.17, 15) is 0 Å². The van der Waals surface area contributed by atoms with Crippen LogP contribution in [0, 0.1) is 0 Å². The average molecular weight is 321 g/mol. The van der Waals surface area contributed by atoms with E-state index in [0.29, 0.717) is 6.04 Å². The number of benzene rings is 1. The number of thiazole rings is 1. The van der Waals surface area contributed by atoms with E-state index in [1.54, 1.807) is 11.3 Å². The molecule has 4 heteroatoms. The molecule has 2 nitrogen and oxygen atoms in total. The molecule has 2 rings (SSSR count). The topological polar surface area (TPSA) is 24.9 Å². The van der Waals surface area contributed by atoms with Crippen LogP contribution < -0.4 is 5.32 Å². The van der Waals surface area contributed by atoms with Crippen LogP contribution >= 0.6 is 23.1 Å². The summed E-state index contributed by atoms with van der Waals surface area (Å²) in [5, 5.41) is 6.68. The Labute approximate surface area is 136 Å². The van der Waals surface area contributed by atoms with Crippen LogP contribution in [-0.4, -0.2) is 12.0 Å². The number of thioether (sulfide) groups is 1. The fourth-order valence-electron chi connectivity index (χ4n) is 1.91. The predicted octanol–water partition coefficient (Wildman–Crippen LogP) is 5.01. The van der Waals surface area contributed by atoms with Crippen molar-refractivity contribution in [2.75, 3.05) is 7.05 Å². The molecule has 0 aliphatic rings. The Hall–Kier alpha value is -0.840. The highest BCUT2D eigenvalue weighted by molar-refractivity contribution is 7.98. The largest absolute Gasteiger partial charge is 0.313 e. The fourth-order valence-corrected chi connectivity index (χ4v) is 3.91. The van der Waals surface area contributed by atoms with Crippen molar-refractivity contribution < 1.29 is 0 Å². The molecular weight excluding hydrogens is 296 g/mol. The lowest BCUT2D eigenvalue weighted by molar-refractivity contribution is 0.572. The molecule has 0 aliphatic heterocycles. The Balaban J connectivity index is 2.01. The van der Waals surface area contributed by atoms with Gasteiger partial charge in [0.05, 0.1) is 11.4 Å². The maximum absolute atomic E-state index is 4.76. The molecule has 0 saturated carbocycles. The third kappa shape index (κ3) is 4.56. The average Bonchev–Trinajstić information content (AvgIpc) is 2.93. The molecular formula is C17H24N2S2. The molecule has 0 spiro atoms. The lowest BCUT2D eigenvalue weighted by Gasteiger charge is -2.14. The molecule has 0 radical (unpaired) electrons. The Morgan fingerprint density at radius 3 is 2.71 bits per heavy atom. The first-order chi connectivity index (χ1) is 9.90. The van der Waals surface area contributed by atoms with E-state index in [4.69, 9.17) is 4.98 Å². The molecule has 1 heterocycles. The van der Waals surface area contributed by atoms with Crippen molar-refractivity contribution in [3.8, 4) is 0 Å². The minimum atomic E-state index is 0.140. The van der Waals surface area contributed by atoms with Crippen LogP contribution in [-0.2, 0) is 11.2 Å². The second kappa shape index (κ2) is 6.95. The minimum absolute atomic E-state index is 0.140. The van der Waals surface area contributed by atoms with E-state index in [2.05, 4.69) is 62.7 Å². The first-order valence-electron chi connectivity index (χ1n) is 7.25. The molecule has 0 aliphatic carbocycles. The van der Waals surface area contributed by atoms with E-state index in [1.165, 1.54) is 21.2 Å². The van der Waals surface area contributed by atoms with E-state index in [0.717, 1.165) is 5.75 Å². The van der Waals surface area contributed by atoms with E-state index < -0.39 is 0 Å². The molecule has 0 fully saturated rings. The number of nitrogens with zero attached hydrogens (tertiary/aromatic N) is 1. The van der Waals surface area contributed by atoms with Crippen molar-refractivity contribution in [2.24, 2.45) is 0 Å². The summed E-state index contributed by atoms with van der Waals surface area (Å²) in [5.74, 6) is 0.943. The van der Waals surface area contributed by atoms with Crippen molar-refractivity contribution in [1.29, 1.82) is 0 Å². The summed E-state index contributed by atoms with van der Waals surface area (Å²) < 4.78 is 0. The van der Waals surface area contributed by atoms with Crippen LogP contribution in [0.1, 0.15) is 50.0 Å². The van der Waals surface area contributed by atoms with Crippen LogP contribution in [0.2, 0.25) is 0 Å². The maximum atomic E-state index is 4.76. The molecule has 1 unspecified atom stereocenters. The second-order valence-corrected chi connectivity index (χ2v) is 8.24. The number of hydrogen-bond acceptors (Lipinski definition) is 4. The van der Waals surface area contributed by atoms with Gasteiger partial charge >= 0.3 is 0 Å². The van der Waals surface area contributed by atoms with Gasteiger partial charge in [-0.15, -0.1) is 23.1 Å². The predicted molar refractivity (Wildman–Crippen MR) is 94.3 cm³/mol. The van der Waals surface area contributed by atoms with Gasteiger partial charge in [0.15, 0.2) is 0 Å². The van der Waals surface area contributed by atoms with Crippen LogP contribution in [0.4, 0.5) is 0 Å². The maximum Gasteiger partial charge on any atom is 0.103 e. The monoisotopic (exact) mass is 320 g/mol. The van der Waals surface area contributed by atoms with Gasteiger partial charge in [0, 0.05) is 21.7 Å². The van der Waals surface area contributed by atoms with E-state index >= 15 is 0 Å². The summed E-state index contributed by atoms with van der Waals surface area (Å²) in [6.45, 7) is 8.81. The molecule has 1 aromatic heterocycles. The quantitative estimate of drug-likeness (QED) is 0.784. The molecule has 2 aromatic rings. The third-order valence-electron chi connectivity index (χ3n) is 3.47. The SMILES string of the molecule is CNC(C)c1cccc(SCc2nc(C(C)(C)C)cs2)c1. The first-order valence-corrected chi connectivity index (χ1v) is 9.11. The van der Waals surface area contributed by atoms with Crippen molar-refractivity contribution in [1.82, 2.24) is 10.3 Å².